The van der Waals surface area contributed by atoms with Gasteiger partial charge in [-0.2, -0.15) is 0 Å². The fourth-order valence-electron chi connectivity index (χ4n) is 4.74. The fraction of sp³-hybridized carbons (Fsp3) is 0.684. The Morgan fingerprint density at radius 2 is 1.72 bits per heavy atom. The maximum Gasteiger partial charge on any atom is 0.194 e. The van der Waals surface area contributed by atoms with Crippen molar-refractivity contribution in [1.82, 2.24) is 0 Å². The molecule has 0 spiro atoms. The Bertz CT molecular complexity index is 609. The van der Waals surface area contributed by atoms with Gasteiger partial charge in [-0.1, -0.05) is 13.3 Å². The van der Waals surface area contributed by atoms with E-state index in [1.54, 1.807) is 0 Å². The van der Waals surface area contributed by atoms with Crippen LogP contribution in [0.5, 0.6) is 0 Å². The molecule has 2 aliphatic rings. The van der Waals surface area contributed by atoms with Crippen LogP contribution >= 0.6 is 0 Å². The molecule has 6 atom stereocenters. The van der Waals surface area contributed by atoms with Gasteiger partial charge in [0.2, 0.25) is 0 Å². The molecule has 2 saturated carbocycles. The lowest BCUT2D eigenvalue weighted by Gasteiger charge is -2.29. The molecule has 6 unspecified atom stereocenters. The molecule has 0 radical (unpaired) electrons. The normalized spacial score (nSPS) is 38.4. The summed E-state index contributed by atoms with van der Waals surface area (Å²) in [5, 5.41) is 0. The molecule has 0 aliphatic heterocycles. The second kappa shape index (κ2) is 6.84. The summed E-state index contributed by atoms with van der Waals surface area (Å²) in [4.78, 5) is 0. The Morgan fingerprint density at radius 1 is 1.08 bits per heavy atom. The SMILES string of the molecule is CCCC1CC2CCC(c3cc(F)c(F)c(F)c3)C(F)CC2(F)C1F. The van der Waals surface area contributed by atoms with Crippen LogP contribution in [0.25, 0.3) is 0 Å². The first-order valence-electron chi connectivity index (χ1n) is 8.89. The minimum absolute atomic E-state index is 0.0343. The van der Waals surface area contributed by atoms with E-state index in [9.17, 15) is 22.0 Å². The molecule has 2 aliphatic carbocycles. The summed E-state index contributed by atoms with van der Waals surface area (Å²) < 4.78 is 84.8. The third kappa shape index (κ3) is 3.17. The Kier molecular flexibility index (Phi) is 5.09. The molecule has 2 fully saturated rings. The van der Waals surface area contributed by atoms with E-state index in [0.717, 1.165) is 18.6 Å². The zero-order valence-corrected chi connectivity index (χ0v) is 14.1. The van der Waals surface area contributed by atoms with Crippen molar-refractivity contribution in [3.63, 3.8) is 0 Å². The lowest BCUT2D eigenvalue weighted by atomic mass is 9.85. The number of hydrogen-bond acceptors (Lipinski definition) is 0. The molecule has 0 bridgehead atoms. The van der Waals surface area contributed by atoms with Gasteiger partial charge >= 0.3 is 0 Å². The second-order valence-electron chi connectivity index (χ2n) is 7.51. The Balaban J connectivity index is 1.85. The third-order valence-electron chi connectivity index (χ3n) is 6.00. The first-order chi connectivity index (χ1) is 11.8. The number of alkyl halides is 3. The summed E-state index contributed by atoms with van der Waals surface area (Å²) in [5.74, 6) is -6.35. The average Bonchev–Trinajstić information content (AvgIpc) is 2.70. The lowest BCUT2D eigenvalue weighted by molar-refractivity contribution is 0.00256. The van der Waals surface area contributed by atoms with Crippen LogP contribution in [0.2, 0.25) is 0 Å². The highest BCUT2D eigenvalue weighted by atomic mass is 19.2. The fourth-order valence-corrected chi connectivity index (χ4v) is 4.74. The summed E-state index contributed by atoms with van der Waals surface area (Å²) in [7, 11) is 0. The average molecular weight is 364 g/mol. The molecule has 0 heterocycles. The number of benzene rings is 1. The van der Waals surface area contributed by atoms with E-state index >= 15 is 4.39 Å². The quantitative estimate of drug-likeness (QED) is 0.443. The van der Waals surface area contributed by atoms with Gasteiger partial charge in [-0.3, -0.25) is 0 Å². The van der Waals surface area contributed by atoms with Crippen molar-refractivity contribution in [2.45, 2.75) is 69.4 Å². The largest absolute Gasteiger partial charge is 0.247 e. The van der Waals surface area contributed by atoms with E-state index in [0.29, 0.717) is 12.8 Å². The van der Waals surface area contributed by atoms with Crippen molar-refractivity contribution < 1.29 is 26.3 Å². The highest BCUT2D eigenvalue weighted by Gasteiger charge is 2.58. The number of halogens is 6. The van der Waals surface area contributed by atoms with E-state index in [1.807, 2.05) is 6.92 Å². The summed E-state index contributed by atoms with van der Waals surface area (Å²) in [6.07, 6.45) is -2.01. The van der Waals surface area contributed by atoms with Crippen molar-refractivity contribution in [2.75, 3.05) is 0 Å². The predicted octanol–water partition coefficient (Wildman–Crippen LogP) is 6.19. The van der Waals surface area contributed by atoms with Crippen molar-refractivity contribution in [2.24, 2.45) is 11.8 Å². The van der Waals surface area contributed by atoms with Crippen LogP contribution in [0.4, 0.5) is 26.3 Å². The van der Waals surface area contributed by atoms with Crippen LogP contribution < -0.4 is 0 Å². The minimum Gasteiger partial charge on any atom is -0.247 e. The lowest BCUT2D eigenvalue weighted by Crippen LogP contribution is -2.39. The topological polar surface area (TPSA) is 0 Å². The molecule has 1 aromatic rings. The predicted molar refractivity (Wildman–Crippen MR) is 83.0 cm³/mol. The molecule has 25 heavy (non-hydrogen) atoms. The van der Waals surface area contributed by atoms with Crippen molar-refractivity contribution >= 4 is 0 Å². The van der Waals surface area contributed by atoms with E-state index < -0.39 is 59.6 Å². The molecule has 0 N–H and O–H groups in total. The van der Waals surface area contributed by atoms with Gasteiger partial charge in [0.15, 0.2) is 17.5 Å². The molecule has 6 heteroatoms. The Labute approximate surface area is 143 Å². The summed E-state index contributed by atoms with van der Waals surface area (Å²) >= 11 is 0. The van der Waals surface area contributed by atoms with Gasteiger partial charge in [-0.25, -0.2) is 26.3 Å². The summed E-state index contributed by atoms with van der Waals surface area (Å²) in [5.41, 5.74) is -2.27. The van der Waals surface area contributed by atoms with Crippen LogP contribution in [0.15, 0.2) is 12.1 Å². The highest BCUT2D eigenvalue weighted by molar-refractivity contribution is 5.25. The second-order valence-corrected chi connectivity index (χ2v) is 7.51. The van der Waals surface area contributed by atoms with Crippen LogP contribution in [0, 0.1) is 29.3 Å². The van der Waals surface area contributed by atoms with Crippen LogP contribution in [0.1, 0.15) is 56.9 Å². The van der Waals surface area contributed by atoms with Crippen LogP contribution in [-0.4, -0.2) is 18.0 Å². The Morgan fingerprint density at radius 3 is 2.32 bits per heavy atom. The van der Waals surface area contributed by atoms with Crippen molar-refractivity contribution in [1.29, 1.82) is 0 Å². The molecular weight excluding hydrogens is 342 g/mol. The first kappa shape index (κ1) is 18.6. The molecule has 1 aromatic carbocycles. The van der Waals surface area contributed by atoms with E-state index in [1.165, 1.54) is 0 Å². The molecule has 0 nitrogen and oxygen atoms in total. The first-order valence-corrected chi connectivity index (χ1v) is 8.89. The maximum atomic E-state index is 15.3. The van der Waals surface area contributed by atoms with Gasteiger partial charge < -0.3 is 0 Å². The molecule has 140 valence electrons. The highest BCUT2D eigenvalue weighted by Crippen LogP contribution is 2.55. The molecule has 3 rings (SSSR count). The van der Waals surface area contributed by atoms with Gasteiger partial charge in [-0.05, 0) is 55.2 Å². The van der Waals surface area contributed by atoms with Crippen LogP contribution in [0.3, 0.4) is 0 Å². The van der Waals surface area contributed by atoms with Gasteiger partial charge in [0, 0.05) is 12.3 Å². The number of rotatable bonds is 3. The van der Waals surface area contributed by atoms with Crippen molar-refractivity contribution in [3.8, 4) is 0 Å². The summed E-state index contributed by atoms with van der Waals surface area (Å²) in [6.45, 7) is 1.90. The van der Waals surface area contributed by atoms with E-state index in [4.69, 9.17) is 0 Å². The van der Waals surface area contributed by atoms with E-state index in [-0.39, 0.29) is 18.4 Å². The van der Waals surface area contributed by atoms with E-state index in [2.05, 4.69) is 0 Å². The zero-order chi connectivity index (χ0) is 18.4. The third-order valence-corrected chi connectivity index (χ3v) is 6.00. The van der Waals surface area contributed by atoms with Gasteiger partial charge in [-0.15, -0.1) is 0 Å². The molecular formula is C19H22F6. The summed E-state index contributed by atoms with van der Waals surface area (Å²) in [6, 6.07) is 1.52. The standard InChI is InChI=1S/C19H22F6/c1-2-3-10-6-12-4-5-13(16(22)9-19(12,25)18(10)24)11-7-14(20)17(23)15(21)8-11/h7-8,10,12-13,16,18H,2-6,9H2,1H3. The zero-order valence-electron chi connectivity index (χ0n) is 14.1. The number of fused-ring (bicyclic) bond motifs is 1. The molecule has 0 aromatic heterocycles. The minimum atomic E-state index is -2.23. The van der Waals surface area contributed by atoms with Crippen LogP contribution in [-0.2, 0) is 0 Å². The number of hydrogen-bond donors (Lipinski definition) is 0. The van der Waals surface area contributed by atoms with Gasteiger partial charge in [0.1, 0.15) is 18.0 Å². The smallest absolute Gasteiger partial charge is 0.194 e. The van der Waals surface area contributed by atoms with Gasteiger partial charge in [0.25, 0.3) is 0 Å². The van der Waals surface area contributed by atoms with Gasteiger partial charge in [0.05, 0.1) is 0 Å². The molecule has 0 saturated heterocycles. The van der Waals surface area contributed by atoms with Crippen molar-refractivity contribution in [3.05, 3.63) is 35.1 Å². The Hall–Kier alpha value is -1.20. The molecule has 0 amide bonds. The monoisotopic (exact) mass is 364 g/mol. The maximum absolute atomic E-state index is 15.3.